The zero-order chi connectivity index (χ0) is 31.0. The lowest BCUT2D eigenvalue weighted by atomic mass is 9.80. The van der Waals surface area contributed by atoms with Crippen LogP contribution >= 0.6 is 0 Å². The van der Waals surface area contributed by atoms with Crippen molar-refractivity contribution >= 4 is 21.8 Å². The van der Waals surface area contributed by atoms with E-state index in [1.807, 2.05) is 12.3 Å². The van der Waals surface area contributed by atoms with Gasteiger partial charge in [-0.3, -0.25) is 4.98 Å². The van der Waals surface area contributed by atoms with Gasteiger partial charge in [-0.25, -0.2) is 0 Å². The molecule has 52 heavy (non-hydrogen) atoms. The number of rotatable bonds is 9. The standard InChI is InChI=1S/C43H40N3.6CH4/c1-3-31(34-22-23-37-36(28-34)29-45-25-11-9-15-41(37)45)27-35(32-18-20-33(21-19-32)40-14-8-10-24-44-40)26-30(2)46-42-16-6-4-12-38(42)39-13-5-7-17-43(39)46;;;;;;/h4-25,28,30-31,35H,3,26-27,29H2,1-2H3;6*1H4/q+1;;;;;;. The molecule has 1 aliphatic rings. The summed E-state index contributed by atoms with van der Waals surface area (Å²) in [5.74, 6) is 0.877. The molecule has 0 fully saturated rings. The van der Waals surface area contributed by atoms with Gasteiger partial charge < -0.3 is 4.57 Å². The zero-order valence-electron chi connectivity index (χ0n) is 26.7. The van der Waals surface area contributed by atoms with Gasteiger partial charge in [0.05, 0.1) is 11.3 Å². The Labute approximate surface area is 316 Å². The van der Waals surface area contributed by atoms with Gasteiger partial charge in [0.25, 0.3) is 0 Å². The summed E-state index contributed by atoms with van der Waals surface area (Å²) in [4.78, 5) is 4.60. The molecule has 0 N–H and O–H groups in total. The van der Waals surface area contributed by atoms with Crippen molar-refractivity contribution < 1.29 is 4.57 Å². The van der Waals surface area contributed by atoms with E-state index in [1.165, 1.54) is 55.3 Å². The van der Waals surface area contributed by atoms with Crippen molar-refractivity contribution in [3.63, 3.8) is 0 Å². The summed E-state index contributed by atoms with van der Waals surface area (Å²) in [6, 6.07) is 47.3. The van der Waals surface area contributed by atoms with Crippen LogP contribution in [0.5, 0.6) is 0 Å². The molecule has 0 amide bonds. The zero-order valence-corrected chi connectivity index (χ0v) is 26.7. The predicted molar refractivity (Wildman–Crippen MR) is 230 cm³/mol. The van der Waals surface area contributed by atoms with Crippen LogP contribution in [-0.4, -0.2) is 9.55 Å². The summed E-state index contributed by atoms with van der Waals surface area (Å²) in [7, 11) is 0. The largest absolute Gasteiger partial charge is 0.338 e. The van der Waals surface area contributed by atoms with Gasteiger partial charge in [-0.2, -0.15) is 4.57 Å². The van der Waals surface area contributed by atoms with Gasteiger partial charge in [-0.15, -0.1) is 0 Å². The molecule has 8 rings (SSSR count). The lowest BCUT2D eigenvalue weighted by Crippen LogP contribution is -2.31. The molecule has 0 aliphatic carbocycles. The van der Waals surface area contributed by atoms with E-state index in [0.717, 1.165) is 31.5 Å². The number of para-hydroxylation sites is 2. The van der Waals surface area contributed by atoms with Crippen LogP contribution in [0.4, 0.5) is 0 Å². The molecule has 0 saturated heterocycles. The molecule has 3 heteroatoms. The molecule has 4 aromatic carbocycles. The van der Waals surface area contributed by atoms with Gasteiger partial charge in [0.2, 0.25) is 5.69 Å². The molecule has 7 aromatic rings. The van der Waals surface area contributed by atoms with Crippen LogP contribution in [0, 0.1) is 0 Å². The van der Waals surface area contributed by atoms with Crippen LogP contribution in [-0.2, 0) is 6.54 Å². The molecule has 0 saturated carbocycles. The third-order valence-corrected chi connectivity index (χ3v) is 10.2. The first-order chi connectivity index (χ1) is 22.7. The van der Waals surface area contributed by atoms with E-state index >= 15 is 0 Å². The van der Waals surface area contributed by atoms with Gasteiger partial charge in [-0.1, -0.05) is 124 Å². The fourth-order valence-corrected chi connectivity index (χ4v) is 7.95. The van der Waals surface area contributed by atoms with E-state index in [-0.39, 0.29) is 44.6 Å². The molecule has 3 aromatic heterocycles. The Hall–Kier alpha value is -5.02. The normalized spacial score (nSPS) is 12.6. The number of hydrogen-bond acceptors (Lipinski definition) is 1. The van der Waals surface area contributed by atoms with Crippen molar-refractivity contribution in [1.82, 2.24) is 9.55 Å². The van der Waals surface area contributed by atoms with Crippen molar-refractivity contribution in [1.29, 1.82) is 0 Å². The van der Waals surface area contributed by atoms with E-state index in [4.69, 9.17) is 0 Å². The summed E-state index contributed by atoms with van der Waals surface area (Å²) in [5, 5.41) is 2.68. The fourth-order valence-electron chi connectivity index (χ4n) is 7.95. The number of hydrogen-bond donors (Lipinski definition) is 0. The van der Waals surface area contributed by atoms with Gasteiger partial charge >= 0.3 is 0 Å². The van der Waals surface area contributed by atoms with Crippen molar-refractivity contribution in [2.24, 2.45) is 0 Å². The number of pyridine rings is 2. The second-order valence-electron chi connectivity index (χ2n) is 13.0. The molecule has 4 heterocycles. The van der Waals surface area contributed by atoms with Gasteiger partial charge in [0.15, 0.2) is 12.7 Å². The molecule has 274 valence electrons. The average Bonchev–Trinajstić information content (AvgIpc) is 3.66. The summed E-state index contributed by atoms with van der Waals surface area (Å²) < 4.78 is 4.96. The molecule has 0 spiro atoms. The highest BCUT2D eigenvalue weighted by Gasteiger charge is 2.28. The SMILES string of the molecule is C.C.C.C.C.C.CCC(CC(CC(C)n1c2ccccc2c2ccccc21)c1ccc(-c2ccccn2)cc1)c1ccc2c(c1)C[n+]1ccccc1-2. The van der Waals surface area contributed by atoms with E-state index in [9.17, 15) is 0 Å². The Balaban J connectivity index is 0.00000156. The van der Waals surface area contributed by atoms with Crippen LogP contribution in [0.3, 0.4) is 0 Å². The number of benzene rings is 4. The monoisotopic (exact) mass is 695 g/mol. The maximum absolute atomic E-state index is 4.60. The van der Waals surface area contributed by atoms with Crippen LogP contribution in [0.15, 0.2) is 140 Å². The minimum atomic E-state index is 0. The van der Waals surface area contributed by atoms with Crippen LogP contribution < -0.4 is 4.57 Å². The summed E-state index contributed by atoms with van der Waals surface area (Å²) in [6.07, 6.45) is 7.37. The highest BCUT2D eigenvalue weighted by molar-refractivity contribution is 6.08. The Bertz CT molecular complexity index is 2090. The Kier molecular flexibility index (Phi) is 15.3. The van der Waals surface area contributed by atoms with Crippen molar-refractivity contribution in [3.8, 4) is 22.5 Å². The highest BCUT2D eigenvalue weighted by atomic mass is 15.0. The molecule has 0 radical (unpaired) electrons. The third-order valence-electron chi connectivity index (χ3n) is 10.2. The first kappa shape index (κ1) is 43.1. The second kappa shape index (κ2) is 18.5. The minimum Gasteiger partial charge on any atom is -0.338 e. The van der Waals surface area contributed by atoms with Crippen LogP contribution in [0.2, 0.25) is 0 Å². The molecule has 3 nitrogen and oxygen atoms in total. The second-order valence-corrected chi connectivity index (χ2v) is 13.0. The summed E-state index contributed by atoms with van der Waals surface area (Å²) >= 11 is 0. The first-order valence-electron chi connectivity index (χ1n) is 16.8. The Morgan fingerprint density at radius 3 is 1.88 bits per heavy atom. The maximum Gasteiger partial charge on any atom is 0.213 e. The molecular weight excluding hydrogens is 631 g/mol. The molecule has 3 atom stereocenters. The average molecular weight is 695 g/mol. The van der Waals surface area contributed by atoms with Crippen LogP contribution in [0.1, 0.15) is 112 Å². The van der Waals surface area contributed by atoms with E-state index < -0.39 is 0 Å². The smallest absolute Gasteiger partial charge is 0.213 e. The van der Waals surface area contributed by atoms with E-state index in [1.54, 1.807) is 0 Å². The molecule has 3 unspecified atom stereocenters. The van der Waals surface area contributed by atoms with Crippen molar-refractivity contribution in [2.45, 2.75) is 102 Å². The third kappa shape index (κ3) is 7.89. The lowest BCUT2D eigenvalue weighted by molar-refractivity contribution is -0.672. The quantitative estimate of drug-likeness (QED) is 0.138. The summed E-state index contributed by atoms with van der Waals surface area (Å²) in [5.41, 5.74) is 11.9. The number of fused-ring (bicyclic) bond motifs is 6. The highest BCUT2D eigenvalue weighted by Crippen LogP contribution is 2.41. The molecule has 0 bridgehead atoms. The number of aromatic nitrogens is 3. The van der Waals surface area contributed by atoms with Crippen LogP contribution in [0.25, 0.3) is 44.3 Å². The Morgan fingerprint density at radius 1 is 0.635 bits per heavy atom. The minimum absolute atomic E-state index is 0. The van der Waals surface area contributed by atoms with Gasteiger partial charge in [0.1, 0.15) is 0 Å². The topological polar surface area (TPSA) is 21.7 Å². The van der Waals surface area contributed by atoms with Gasteiger partial charge in [0, 0.05) is 57.3 Å². The summed E-state index contributed by atoms with van der Waals surface area (Å²) in [6.45, 7) is 5.73. The number of nitrogens with zero attached hydrogens (tertiary/aromatic N) is 3. The van der Waals surface area contributed by atoms with Gasteiger partial charge in [-0.05, 0) is 91.6 Å². The lowest BCUT2D eigenvalue weighted by Gasteiger charge is -2.28. The fraction of sp³-hybridized carbons (Fsp3) is 0.306. The predicted octanol–water partition coefficient (Wildman–Crippen LogP) is 14.3. The maximum atomic E-state index is 4.60. The molecular formula is C49H64N3+. The van der Waals surface area contributed by atoms with E-state index in [0.29, 0.717) is 17.9 Å². The first-order valence-corrected chi connectivity index (χ1v) is 16.8. The Morgan fingerprint density at radius 2 is 1.25 bits per heavy atom. The molecule has 1 aliphatic heterocycles. The van der Waals surface area contributed by atoms with Crippen molar-refractivity contribution in [2.75, 3.05) is 0 Å². The van der Waals surface area contributed by atoms with Crippen molar-refractivity contribution in [3.05, 3.63) is 156 Å². The van der Waals surface area contributed by atoms with E-state index in [2.05, 4.69) is 155 Å².